The lowest BCUT2D eigenvalue weighted by atomic mass is 10.1. The highest BCUT2D eigenvalue weighted by molar-refractivity contribution is 5.90. The molecule has 0 saturated carbocycles. The number of para-hydroxylation sites is 1. The molecule has 2 rings (SSSR count). The molecule has 1 aromatic heterocycles. The molecule has 0 fully saturated rings. The maximum atomic E-state index is 12.1. The van der Waals surface area contributed by atoms with Gasteiger partial charge in [0.1, 0.15) is 0 Å². The lowest BCUT2D eigenvalue weighted by Gasteiger charge is -2.11. The van der Waals surface area contributed by atoms with Crippen LogP contribution in [0.1, 0.15) is 22.5 Å². The van der Waals surface area contributed by atoms with E-state index in [2.05, 4.69) is 15.7 Å². The monoisotopic (exact) mass is 316 g/mol. The van der Waals surface area contributed by atoms with Crippen molar-refractivity contribution in [1.29, 1.82) is 0 Å². The van der Waals surface area contributed by atoms with Crippen LogP contribution in [0.2, 0.25) is 0 Å². The molecule has 0 bridgehead atoms. The van der Waals surface area contributed by atoms with Crippen molar-refractivity contribution in [3.63, 3.8) is 0 Å². The van der Waals surface area contributed by atoms with Gasteiger partial charge in [0.25, 0.3) is 0 Å². The van der Waals surface area contributed by atoms with Crippen molar-refractivity contribution in [2.45, 2.75) is 26.9 Å². The summed E-state index contributed by atoms with van der Waals surface area (Å²) in [6, 6.07) is 7.39. The number of urea groups is 1. The van der Waals surface area contributed by atoms with Gasteiger partial charge in [0.05, 0.1) is 12.3 Å². The Balaban J connectivity index is 1.88. The second-order valence-corrected chi connectivity index (χ2v) is 5.49. The van der Waals surface area contributed by atoms with Crippen molar-refractivity contribution in [1.82, 2.24) is 15.1 Å². The number of nitrogens with one attached hydrogen (secondary N) is 2. The zero-order chi connectivity index (χ0) is 16.8. The zero-order valence-corrected chi connectivity index (χ0v) is 14.1. The molecule has 0 spiro atoms. The summed E-state index contributed by atoms with van der Waals surface area (Å²) in [7, 11) is 3.56. The molecule has 2 N–H and O–H groups in total. The second kappa shape index (κ2) is 7.78. The number of nitrogens with zero attached hydrogens (tertiary/aromatic N) is 2. The molecule has 124 valence electrons. The van der Waals surface area contributed by atoms with Crippen LogP contribution in [-0.2, 0) is 24.8 Å². The Morgan fingerprint density at radius 1 is 1.30 bits per heavy atom. The molecule has 0 aliphatic rings. The van der Waals surface area contributed by atoms with Crippen LogP contribution in [-0.4, -0.2) is 29.5 Å². The molecule has 0 unspecified atom stereocenters. The summed E-state index contributed by atoms with van der Waals surface area (Å²) in [6.45, 7) is 5.05. The third-order valence-corrected chi connectivity index (χ3v) is 3.88. The average Bonchev–Trinajstić information content (AvgIpc) is 2.76. The van der Waals surface area contributed by atoms with E-state index in [1.807, 2.05) is 49.8 Å². The van der Waals surface area contributed by atoms with E-state index in [1.165, 1.54) is 5.56 Å². The molecule has 1 aromatic carbocycles. The minimum atomic E-state index is -0.215. The van der Waals surface area contributed by atoms with E-state index in [0.717, 1.165) is 29.1 Å². The highest BCUT2D eigenvalue weighted by Gasteiger charge is 2.10. The first-order chi connectivity index (χ1) is 11.0. The quantitative estimate of drug-likeness (QED) is 0.860. The minimum absolute atomic E-state index is 0.215. The smallest absolute Gasteiger partial charge is 0.319 e. The van der Waals surface area contributed by atoms with Gasteiger partial charge in [0, 0.05) is 37.6 Å². The molecule has 0 atom stereocenters. The van der Waals surface area contributed by atoms with Crippen LogP contribution < -0.4 is 10.6 Å². The van der Waals surface area contributed by atoms with E-state index < -0.39 is 0 Å². The van der Waals surface area contributed by atoms with Crippen molar-refractivity contribution >= 4 is 11.7 Å². The molecule has 2 aromatic rings. The summed E-state index contributed by atoms with van der Waals surface area (Å²) in [5.41, 5.74) is 5.05. The van der Waals surface area contributed by atoms with Gasteiger partial charge in [-0.05, 0) is 31.9 Å². The van der Waals surface area contributed by atoms with Gasteiger partial charge >= 0.3 is 6.03 Å². The first kappa shape index (κ1) is 17.0. The normalized spacial score (nSPS) is 10.6. The van der Waals surface area contributed by atoms with Gasteiger partial charge in [0.15, 0.2) is 0 Å². The number of ether oxygens (including phenoxy) is 1. The highest BCUT2D eigenvalue weighted by atomic mass is 16.5. The molecule has 0 aliphatic carbocycles. The molecule has 1 heterocycles. The Labute approximate surface area is 136 Å². The Hall–Kier alpha value is -2.34. The van der Waals surface area contributed by atoms with E-state index in [1.54, 1.807) is 7.11 Å². The number of aryl methyl sites for hydroxylation is 2. The van der Waals surface area contributed by atoms with Crippen molar-refractivity contribution in [2.24, 2.45) is 7.05 Å². The van der Waals surface area contributed by atoms with E-state index in [0.29, 0.717) is 13.2 Å². The van der Waals surface area contributed by atoms with Crippen LogP contribution in [0.3, 0.4) is 0 Å². The number of hydrogen-bond donors (Lipinski definition) is 2. The number of hydrogen-bond acceptors (Lipinski definition) is 3. The predicted molar refractivity (Wildman–Crippen MR) is 90.6 cm³/mol. The summed E-state index contributed by atoms with van der Waals surface area (Å²) in [5.74, 6) is 0. The van der Waals surface area contributed by atoms with Gasteiger partial charge in [-0.3, -0.25) is 4.68 Å². The zero-order valence-electron chi connectivity index (χ0n) is 14.1. The molecule has 6 nitrogen and oxygen atoms in total. The third kappa shape index (κ3) is 4.32. The van der Waals surface area contributed by atoms with Gasteiger partial charge in [-0.15, -0.1) is 0 Å². The number of benzene rings is 1. The number of aromatic nitrogens is 2. The van der Waals surface area contributed by atoms with E-state index in [-0.39, 0.29) is 6.03 Å². The van der Waals surface area contributed by atoms with Crippen LogP contribution in [0, 0.1) is 13.8 Å². The number of carbonyl (C=O) groups excluding carboxylic acids is 1. The van der Waals surface area contributed by atoms with Crippen LogP contribution in [0.25, 0.3) is 0 Å². The molecule has 6 heteroatoms. The van der Waals surface area contributed by atoms with Gasteiger partial charge in [0.2, 0.25) is 0 Å². The van der Waals surface area contributed by atoms with E-state index in [4.69, 9.17) is 4.74 Å². The van der Waals surface area contributed by atoms with Crippen molar-refractivity contribution in [2.75, 3.05) is 19.0 Å². The average molecular weight is 316 g/mol. The number of carbonyl (C=O) groups is 1. The predicted octanol–water partition coefficient (Wildman–Crippen LogP) is 2.55. The van der Waals surface area contributed by atoms with Crippen molar-refractivity contribution in [3.05, 3.63) is 46.8 Å². The van der Waals surface area contributed by atoms with Crippen LogP contribution in [0.5, 0.6) is 0 Å². The molecule has 2 amide bonds. The lowest BCUT2D eigenvalue weighted by Crippen LogP contribution is -2.31. The molecule has 0 aliphatic heterocycles. The minimum Gasteiger partial charge on any atom is -0.380 e. The summed E-state index contributed by atoms with van der Waals surface area (Å²) in [6.07, 6.45) is 0.763. The second-order valence-electron chi connectivity index (χ2n) is 5.49. The first-order valence-electron chi connectivity index (χ1n) is 7.63. The summed E-state index contributed by atoms with van der Waals surface area (Å²) in [4.78, 5) is 12.1. The lowest BCUT2D eigenvalue weighted by molar-refractivity contribution is 0.185. The van der Waals surface area contributed by atoms with Crippen LogP contribution >= 0.6 is 0 Å². The largest absolute Gasteiger partial charge is 0.380 e. The fourth-order valence-corrected chi connectivity index (χ4v) is 2.57. The number of methoxy groups -OCH3 is 1. The summed E-state index contributed by atoms with van der Waals surface area (Å²) < 4.78 is 7.00. The Morgan fingerprint density at radius 3 is 2.70 bits per heavy atom. The van der Waals surface area contributed by atoms with Crippen molar-refractivity contribution in [3.8, 4) is 0 Å². The van der Waals surface area contributed by atoms with E-state index in [9.17, 15) is 4.79 Å². The van der Waals surface area contributed by atoms with Crippen LogP contribution in [0.15, 0.2) is 24.3 Å². The molecule has 0 saturated heterocycles. The van der Waals surface area contributed by atoms with Crippen molar-refractivity contribution < 1.29 is 9.53 Å². The van der Waals surface area contributed by atoms with Gasteiger partial charge in [-0.2, -0.15) is 5.10 Å². The Kier molecular flexibility index (Phi) is 5.76. The summed E-state index contributed by atoms with van der Waals surface area (Å²) in [5, 5.41) is 10.1. The molecular formula is C17H24N4O2. The first-order valence-corrected chi connectivity index (χ1v) is 7.63. The topological polar surface area (TPSA) is 68.2 Å². The Bertz CT molecular complexity index is 679. The number of amides is 2. The van der Waals surface area contributed by atoms with Gasteiger partial charge in [-0.25, -0.2) is 4.79 Å². The number of anilines is 1. The maximum Gasteiger partial charge on any atom is 0.319 e. The standard InChI is InChI=1S/C17H24N4O2/c1-12-15(13(2)21(3)20-12)9-10-18-17(22)19-16-8-6-5-7-14(16)11-23-4/h5-8H,9-11H2,1-4H3,(H2,18,19,22). The number of rotatable bonds is 6. The third-order valence-electron chi connectivity index (χ3n) is 3.88. The highest BCUT2D eigenvalue weighted by Crippen LogP contribution is 2.15. The molecule has 23 heavy (non-hydrogen) atoms. The Morgan fingerprint density at radius 2 is 2.04 bits per heavy atom. The molecule has 0 radical (unpaired) electrons. The van der Waals surface area contributed by atoms with Gasteiger partial charge in [-0.1, -0.05) is 18.2 Å². The SMILES string of the molecule is COCc1ccccc1NC(=O)NCCc1c(C)nn(C)c1C. The van der Waals surface area contributed by atoms with Crippen LogP contribution in [0.4, 0.5) is 10.5 Å². The fourth-order valence-electron chi connectivity index (χ4n) is 2.57. The maximum absolute atomic E-state index is 12.1. The fraction of sp³-hybridized carbons (Fsp3) is 0.412. The van der Waals surface area contributed by atoms with Gasteiger partial charge < -0.3 is 15.4 Å². The molecular weight excluding hydrogens is 292 g/mol. The summed E-state index contributed by atoms with van der Waals surface area (Å²) >= 11 is 0. The van der Waals surface area contributed by atoms with E-state index >= 15 is 0 Å².